The molecule has 2 aromatic heterocycles. The Morgan fingerprint density at radius 2 is 2.17 bits per heavy atom. The van der Waals surface area contributed by atoms with Gasteiger partial charge in [0.25, 0.3) is 0 Å². The Bertz CT molecular complexity index is 535. The third-order valence-corrected chi connectivity index (χ3v) is 3.62. The minimum atomic E-state index is 0.257. The number of aryl methyl sites for hydroxylation is 1. The van der Waals surface area contributed by atoms with Crippen molar-refractivity contribution >= 4 is 17.7 Å². The van der Waals surface area contributed by atoms with E-state index < -0.39 is 0 Å². The van der Waals surface area contributed by atoms with Crippen LogP contribution in [0.4, 0.5) is 5.95 Å². The number of hydrogen-bond acceptors (Lipinski definition) is 5. The first-order chi connectivity index (χ1) is 8.59. The summed E-state index contributed by atoms with van der Waals surface area (Å²) < 4.78 is 1.93. The third-order valence-electron chi connectivity index (χ3n) is 2.66. The van der Waals surface area contributed by atoms with Crippen molar-refractivity contribution in [3.05, 3.63) is 29.6 Å². The zero-order valence-electron chi connectivity index (χ0n) is 10.8. The maximum atomic E-state index is 5.80. The monoisotopic (exact) mass is 263 g/mol. The Hall–Kier alpha value is -1.56. The van der Waals surface area contributed by atoms with E-state index in [4.69, 9.17) is 5.73 Å². The van der Waals surface area contributed by atoms with Gasteiger partial charge < -0.3 is 5.73 Å². The molecule has 0 aliphatic rings. The maximum Gasteiger partial charge on any atom is 0.222 e. The van der Waals surface area contributed by atoms with E-state index in [2.05, 4.69) is 42.0 Å². The van der Waals surface area contributed by atoms with Crippen LogP contribution >= 0.6 is 11.8 Å². The van der Waals surface area contributed by atoms with Gasteiger partial charge in [0.2, 0.25) is 5.95 Å². The van der Waals surface area contributed by atoms with Crippen molar-refractivity contribution in [2.45, 2.75) is 37.7 Å². The number of nitrogens with two attached hydrogens (primary N) is 1. The minimum Gasteiger partial charge on any atom is -0.368 e. The van der Waals surface area contributed by atoms with Crippen molar-refractivity contribution in [2.24, 2.45) is 0 Å². The fourth-order valence-corrected chi connectivity index (χ4v) is 2.78. The van der Waals surface area contributed by atoms with Crippen LogP contribution in [0.15, 0.2) is 23.5 Å². The van der Waals surface area contributed by atoms with Crippen molar-refractivity contribution in [1.29, 1.82) is 0 Å². The molecule has 2 rings (SSSR count). The standard InChI is InChI=1S/C12H17N5S/c1-8(2)17-11(13)15-16-12(17)18-7-10-9(3)5-4-6-14-10/h4-6,8H,7H2,1-3H3,(H2,13,15). The fraction of sp³-hybridized carbons (Fsp3) is 0.417. The van der Waals surface area contributed by atoms with Crippen molar-refractivity contribution in [2.75, 3.05) is 5.73 Å². The molecule has 0 aliphatic carbocycles. The molecule has 0 spiro atoms. The number of nitrogen functional groups attached to an aromatic ring is 1. The third kappa shape index (κ3) is 2.64. The summed E-state index contributed by atoms with van der Waals surface area (Å²) in [4.78, 5) is 4.37. The molecule has 5 nitrogen and oxygen atoms in total. The molecule has 0 fully saturated rings. The van der Waals surface area contributed by atoms with Crippen LogP contribution in [0.2, 0.25) is 0 Å². The molecule has 0 radical (unpaired) electrons. The van der Waals surface area contributed by atoms with Crippen LogP contribution in [-0.4, -0.2) is 19.7 Å². The number of thioether (sulfide) groups is 1. The maximum absolute atomic E-state index is 5.80. The Morgan fingerprint density at radius 3 is 2.83 bits per heavy atom. The summed E-state index contributed by atoms with van der Waals surface area (Å²) in [5.41, 5.74) is 8.06. The Morgan fingerprint density at radius 1 is 1.39 bits per heavy atom. The second-order valence-corrected chi connectivity index (χ2v) is 5.30. The van der Waals surface area contributed by atoms with Crippen molar-refractivity contribution < 1.29 is 0 Å². The van der Waals surface area contributed by atoms with Crippen molar-refractivity contribution in [1.82, 2.24) is 19.7 Å². The molecule has 0 atom stereocenters. The van der Waals surface area contributed by atoms with E-state index in [1.54, 1.807) is 11.8 Å². The van der Waals surface area contributed by atoms with Gasteiger partial charge in [-0.2, -0.15) is 0 Å². The fourth-order valence-electron chi connectivity index (χ4n) is 1.67. The van der Waals surface area contributed by atoms with Gasteiger partial charge in [-0.05, 0) is 32.4 Å². The summed E-state index contributed by atoms with van der Waals surface area (Å²) >= 11 is 1.61. The summed E-state index contributed by atoms with van der Waals surface area (Å²) in [6, 6.07) is 4.26. The van der Waals surface area contributed by atoms with Crippen LogP contribution in [0.25, 0.3) is 0 Å². The molecule has 0 aliphatic heterocycles. The van der Waals surface area contributed by atoms with E-state index in [1.807, 2.05) is 16.8 Å². The lowest BCUT2D eigenvalue weighted by molar-refractivity contribution is 0.557. The van der Waals surface area contributed by atoms with Crippen LogP contribution in [0.3, 0.4) is 0 Å². The second kappa shape index (κ2) is 5.39. The smallest absolute Gasteiger partial charge is 0.222 e. The predicted octanol–water partition coefficient (Wildman–Crippen LogP) is 2.44. The predicted molar refractivity (Wildman–Crippen MR) is 73.4 cm³/mol. The molecule has 18 heavy (non-hydrogen) atoms. The van der Waals surface area contributed by atoms with E-state index in [0.717, 1.165) is 16.6 Å². The molecule has 0 amide bonds. The van der Waals surface area contributed by atoms with Crippen molar-refractivity contribution in [3.8, 4) is 0 Å². The van der Waals surface area contributed by atoms with E-state index in [0.29, 0.717) is 5.95 Å². The molecule has 0 saturated heterocycles. The minimum absolute atomic E-state index is 0.257. The number of rotatable bonds is 4. The van der Waals surface area contributed by atoms with Crippen LogP contribution in [-0.2, 0) is 5.75 Å². The average Bonchev–Trinajstić information content (AvgIpc) is 2.69. The number of hydrogen-bond donors (Lipinski definition) is 1. The van der Waals surface area contributed by atoms with E-state index in [9.17, 15) is 0 Å². The summed E-state index contributed by atoms with van der Waals surface area (Å²) in [6.07, 6.45) is 1.81. The lowest BCUT2D eigenvalue weighted by atomic mass is 10.2. The van der Waals surface area contributed by atoms with Gasteiger partial charge in [0.15, 0.2) is 5.16 Å². The highest BCUT2D eigenvalue weighted by atomic mass is 32.2. The normalized spacial score (nSPS) is 11.1. The SMILES string of the molecule is Cc1cccnc1CSc1nnc(N)n1C(C)C. The van der Waals surface area contributed by atoms with Crippen molar-refractivity contribution in [3.63, 3.8) is 0 Å². The second-order valence-electron chi connectivity index (χ2n) is 4.36. The van der Waals surface area contributed by atoms with Gasteiger partial charge in [-0.15, -0.1) is 10.2 Å². The van der Waals surface area contributed by atoms with Crippen LogP contribution in [0, 0.1) is 6.92 Å². The molecule has 6 heteroatoms. The largest absolute Gasteiger partial charge is 0.368 e. The van der Waals surface area contributed by atoms with Gasteiger partial charge in [-0.25, -0.2) is 0 Å². The van der Waals surface area contributed by atoms with Gasteiger partial charge in [0.1, 0.15) is 0 Å². The van der Waals surface area contributed by atoms with E-state index in [1.165, 1.54) is 5.56 Å². The lowest BCUT2D eigenvalue weighted by Gasteiger charge is -2.11. The Balaban J connectivity index is 2.14. The number of pyridine rings is 1. The van der Waals surface area contributed by atoms with Gasteiger partial charge >= 0.3 is 0 Å². The quantitative estimate of drug-likeness (QED) is 0.858. The summed E-state index contributed by atoms with van der Waals surface area (Å²) in [6.45, 7) is 6.19. The molecule has 2 N–H and O–H groups in total. The Labute approximate surface area is 111 Å². The molecule has 0 saturated carbocycles. The molecule has 2 heterocycles. The highest BCUT2D eigenvalue weighted by Crippen LogP contribution is 2.25. The lowest BCUT2D eigenvalue weighted by Crippen LogP contribution is -2.07. The van der Waals surface area contributed by atoms with E-state index >= 15 is 0 Å². The molecule has 2 aromatic rings. The molecule has 0 unspecified atom stereocenters. The zero-order chi connectivity index (χ0) is 13.1. The van der Waals surface area contributed by atoms with E-state index in [-0.39, 0.29) is 6.04 Å². The first-order valence-corrected chi connectivity index (χ1v) is 6.82. The first-order valence-electron chi connectivity index (χ1n) is 5.83. The summed E-state index contributed by atoms with van der Waals surface area (Å²) in [7, 11) is 0. The van der Waals surface area contributed by atoms with Gasteiger partial charge in [-0.3, -0.25) is 9.55 Å². The number of aromatic nitrogens is 4. The van der Waals surface area contributed by atoms with Gasteiger partial charge in [0.05, 0.1) is 5.69 Å². The zero-order valence-corrected chi connectivity index (χ0v) is 11.6. The van der Waals surface area contributed by atoms with Crippen LogP contribution in [0.5, 0.6) is 0 Å². The molecular formula is C12H17N5S. The van der Waals surface area contributed by atoms with Gasteiger partial charge in [-0.1, -0.05) is 17.8 Å². The van der Waals surface area contributed by atoms with Crippen LogP contribution < -0.4 is 5.73 Å². The Kier molecular flexibility index (Phi) is 3.86. The topological polar surface area (TPSA) is 69.6 Å². The molecule has 0 bridgehead atoms. The number of nitrogens with zero attached hydrogens (tertiary/aromatic N) is 4. The molecule has 0 aromatic carbocycles. The van der Waals surface area contributed by atoms with Crippen LogP contribution in [0.1, 0.15) is 31.1 Å². The molecular weight excluding hydrogens is 246 g/mol. The average molecular weight is 263 g/mol. The summed E-state index contributed by atoms with van der Waals surface area (Å²) in [5.74, 6) is 1.24. The van der Waals surface area contributed by atoms with Gasteiger partial charge in [0, 0.05) is 18.0 Å². The number of anilines is 1. The first kappa shape index (κ1) is 12.9. The molecule has 96 valence electrons. The summed E-state index contributed by atoms with van der Waals surface area (Å²) in [5, 5.41) is 8.87. The highest BCUT2D eigenvalue weighted by molar-refractivity contribution is 7.98. The highest BCUT2D eigenvalue weighted by Gasteiger charge is 2.13.